The molecular formula is C23H32N2O4S. The first-order valence-electron chi connectivity index (χ1n) is 10.1. The highest BCUT2D eigenvalue weighted by atomic mass is 32.2. The summed E-state index contributed by atoms with van der Waals surface area (Å²) in [6.45, 7) is 10.2. The Labute approximate surface area is 180 Å². The standard InChI is InChI=1S/C23H32N2O4S/c1-7-22(25(30(6,27)28)20-12-16(2)10-17(3)13-20)23(26)24-8-9-29-21-14-18(4)11-19(5)15-21/h10-15,22H,7-9H2,1-6H3,(H,24,26). The van der Waals surface area contributed by atoms with Gasteiger partial charge < -0.3 is 10.1 Å². The van der Waals surface area contributed by atoms with Crippen molar-refractivity contribution in [2.75, 3.05) is 23.7 Å². The first kappa shape index (κ1) is 23.7. The van der Waals surface area contributed by atoms with E-state index >= 15 is 0 Å². The molecule has 0 spiro atoms. The van der Waals surface area contributed by atoms with Crippen LogP contribution in [0.25, 0.3) is 0 Å². The summed E-state index contributed by atoms with van der Waals surface area (Å²) in [6, 6.07) is 10.6. The number of rotatable bonds is 9. The quantitative estimate of drug-likeness (QED) is 0.614. The van der Waals surface area contributed by atoms with Gasteiger partial charge in [0.25, 0.3) is 0 Å². The molecule has 0 saturated heterocycles. The molecular weight excluding hydrogens is 400 g/mol. The van der Waals surface area contributed by atoms with E-state index in [2.05, 4.69) is 11.4 Å². The Kier molecular flexibility index (Phi) is 7.89. The Morgan fingerprint density at radius 1 is 0.967 bits per heavy atom. The Morgan fingerprint density at radius 3 is 1.93 bits per heavy atom. The predicted octanol–water partition coefficient (Wildman–Crippen LogP) is 3.66. The van der Waals surface area contributed by atoms with Crippen molar-refractivity contribution in [3.8, 4) is 5.75 Å². The van der Waals surface area contributed by atoms with Gasteiger partial charge in [0.2, 0.25) is 15.9 Å². The molecule has 164 valence electrons. The van der Waals surface area contributed by atoms with E-state index in [0.29, 0.717) is 18.7 Å². The van der Waals surface area contributed by atoms with Gasteiger partial charge in [0, 0.05) is 0 Å². The van der Waals surface area contributed by atoms with E-state index in [-0.39, 0.29) is 12.5 Å². The number of hydrogen-bond acceptors (Lipinski definition) is 4. The van der Waals surface area contributed by atoms with Crippen molar-refractivity contribution in [1.29, 1.82) is 0 Å². The third-order valence-electron chi connectivity index (χ3n) is 4.66. The first-order valence-corrected chi connectivity index (χ1v) is 11.9. The molecule has 2 aromatic rings. The maximum absolute atomic E-state index is 12.9. The minimum Gasteiger partial charge on any atom is -0.492 e. The number of anilines is 1. The molecule has 0 radical (unpaired) electrons. The van der Waals surface area contributed by atoms with Crippen LogP contribution < -0.4 is 14.4 Å². The molecule has 0 aliphatic heterocycles. The van der Waals surface area contributed by atoms with Crippen LogP contribution in [0, 0.1) is 27.7 Å². The zero-order valence-corrected chi connectivity index (χ0v) is 19.5. The fourth-order valence-corrected chi connectivity index (χ4v) is 4.81. The van der Waals surface area contributed by atoms with E-state index < -0.39 is 16.1 Å². The molecule has 0 aliphatic rings. The zero-order valence-electron chi connectivity index (χ0n) is 18.7. The fraction of sp³-hybridized carbons (Fsp3) is 0.435. The van der Waals surface area contributed by atoms with Crippen LogP contribution in [0.1, 0.15) is 35.6 Å². The van der Waals surface area contributed by atoms with Gasteiger partial charge in [-0.05, 0) is 80.6 Å². The lowest BCUT2D eigenvalue weighted by molar-refractivity contribution is -0.122. The van der Waals surface area contributed by atoms with Gasteiger partial charge in [-0.1, -0.05) is 19.1 Å². The van der Waals surface area contributed by atoms with Crippen LogP contribution >= 0.6 is 0 Å². The van der Waals surface area contributed by atoms with Gasteiger partial charge in [0.1, 0.15) is 18.4 Å². The van der Waals surface area contributed by atoms with Gasteiger partial charge in [-0.15, -0.1) is 0 Å². The summed E-state index contributed by atoms with van der Waals surface area (Å²) in [4.78, 5) is 12.9. The van der Waals surface area contributed by atoms with Crippen molar-refractivity contribution in [1.82, 2.24) is 5.32 Å². The molecule has 0 aromatic heterocycles. The monoisotopic (exact) mass is 432 g/mol. The summed E-state index contributed by atoms with van der Waals surface area (Å²) in [5, 5.41) is 2.81. The summed E-state index contributed by atoms with van der Waals surface area (Å²) < 4.78 is 32.1. The molecule has 0 aliphatic carbocycles. The summed E-state index contributed by atoms with van der Waals surface area (Å²) in [7, 11) is -3.65. The summed E-state index contributed by atoms with van der Waals surface area (Å²) >= 11 is 0. The van der Waals surface area contributed by atoms with Crippen molar-refractivity contribution in [3.05, 3.63) is 58.7 Å². The molecule has 7 heteroatoms. The Morgan fingerprint density at radius 2 is 1.47 bits per heavy atom. The van der Waals surface area contributed by atoms with Crippen molar-refractivity contribution < 1.29 is 17.9 Å². The number of hydrogen-bond donors (Lipinski definition) is 1. The van der Waals surface area contributed by atoms with Gasteiger partial charge in [-0.2, -0.15) is 0 Å². The molecule has 0 heterocycles. The third-order valence-corrected chi connectivity index (χ3v) is 5.84. The second-order valence-electron chi connectivity index (χ2n) is 7.79. The number of nitrogens with one attached hydrogen (secondary N) is 1. The molecule has 30 heavy (non-hydrogen) atoms. The number of carbonyl (C=O) groups is 1. The van der Waals surface area contributed by atoms with Gasteiger partial charge >= 0.3 is 0 Å². The lowest BCUT2D eigenvalue weighted by atomic mass is 10.1. The van der Waals surface area contributed by atoms with Crippen molar-refractivity contribution in [2.24, 2.45) is 0 Å². The van der Waals surface area contributed by atoms with Crippen molar-refractivity contribution >= 4 is 21.6 Å². The van der Waals surface area contributed by atoms with E-state index in [1.165, 1.54) is 4.31 Å². The Bertz CT molecular complexity index is 962. The lowest BCUT2D eigenvalue weighted by Gasteiger charge is -2.30. The van der Waals surface area contributed by atoms with Gasteiger partial charge in [0.15, 0.2) is 0 Å². The highest BCUT2D eigenvalue weighted by molar-refractivity contribution is 7.92. The number of benzene rings is 2. The Hall–Kier alpha value is -2.54. The highest BCUT2D eigenvalue weighted by Gasteiger charge is 2.31. The number of aryl methyl sites for hydroxylation is 4. The number of amides is 1. The maximum Gasteiger partial charge on any atom is 0.244 e. The topological polar surface area (TPSA) is 75.7 Å². The average Bonchev–Trinajstić information content (AvgIpc) is 2.60. The van der Waals surface area contributed by atoms with Crippen LogP contribution in [0.3, 0.4) is 0 Å². The van der Waals surface area contributed by atoms with Crippen molar-refractivity contribution in [3.63, 3.8) is 0 Å². The van der Waals surface area contributed by atoms with Gasteiger partial charge in [-0.25, -0.2) is 8.42 Å². The lowest BCUT2D eigenvalue weighted by Crippen LogP contribution is -2.50. The van der Waals surface area contributed by atoms with E-state index in [0.717, 1.165) is 34.3 Å². The van der Waals surface area contributed by atoms with Crippen LogP contribution in [-0.2, 0) is 14.8 Å². The van der Waals surface area contributed by atoms with E-state index in [4.69, 9.17) is 4.74 Å². The molecule has 2 rings (SSSR count). The van der Waals surface area contributed by atoms with Crippen LogP contribution in [0.2, 0.25) is 0 Å². The summed E-state index contributed by atoms with van der Waals surface area (Å²) in [6.07, 6.45) is 1.48. The number of nitrogens with zero attached hydrogens (tertiary/aromatic N) is 1. The van der Waals surface area contributed by atoms with E-state index in [9.17, 15) is 13.2 Å². The summed E-state index contributed by atoms with van der Waals surface area (Å²) in [5.74, 6) is 0.410. The fourth-order valence-electron chi connectivity index (χ4n) is 3.62. The number of carbonyl (C=O) groups excluding carboxylic acids is 1. The van der Waals surface area contributed by atoms with Crippen LogP contribution in [0.4, 0.5) is 5.69 Å². The third kappa shape index (κ3) is 6.49. The van der Waals surface area contributed by atoms with Crippen molar-refractivity contribution in [2.45, 2.75) is 47.1 Å². The minimum absolute atomic E-state index is 0.284. The number of sulfonamides is 1. The number of ether oxygens (including phenoxy) is 1. The molecule has 1 unspecified atom stereocenters. The average molecular weight is 433 g/mol. The minimum atomic E-state index is -3.65. The maximum atomic E-state index is 12.9. The van der Waals surface area contributed by atoms with Gasteiger partial charge in [-0.3, -0.25) is 9.10 Å². The SMILES string of the molecule is CCC(C(=O)NCCOc1cc(C)cc(C)c1)N(c1cc(C)cc(C)c1)S(C)(=O)=O. The van der Waals surface area contributed by atoms with Crippen LogP contribution in [0.5, 0.6) is 5.75 Å². The molecule has 6 nitrogen and oxygen atoms in total. The molecule has 1 atom stereocenters. The second kappa shape index (κ2) is 9.98. The Balaban J connectivity index is 2.10. The van der Waals surface area contributed by atoms with Gasteiger partial charge in [0.05, 0.1) is 18.5 Å². The molecule has 0 fully saturated rings. The first-order chi connectivity index (χ1) is 14.0. The molecule has 1 N–H and O–H groups in total. The predicted molar refractivity (Wildman–Crippen MR) is 122 cm³/mol. The molecule has 1 amide bonds. The molecule has 0 saturated carbocycles. The molecule has 2 aromatic carbocycles. The van der Waals surface area contributed by atoms with Crippen LogP contribution in [-0.4, -0.2) is 39.8 Å². The summed E-state index contributed by atoms with van der Waals surface area (Å²) in [5.41, 5.74) is 4.60. The highest BCUT2D eigenvalue weighted by Crippen LogP contribution is 2.25. The van der Waals surface area contributed by atoms with Crippen LogP contribution in [0.15, 0.2) is 36.4 Å². The smallest absolute Gasteiger partial charge is 0.244 e. The zero-order chi connectivity index (χ0) is 22.5. The largest absolute Gasteiger partial charge is 0.492 e. The van der Waals surface area contributed by atoms with E-state index in [1.807, 2.05) is 45.9 Å². The normalized spacial score (nSPS) is 12.3. The second-order valence-corrected chi connectivity index (χ2v) is 9.65. The molecule has 0 bridgehead atoms. The van der Waals surface area contributed by atoms with E-state index in [1.54, 1.807) is 19.1 Å².